The Morgan fingerprint density at radius 2 is 1.24 bits per heavy atom. The van der Waals surface area contributed by atoms with Gasteiger partial charge in [0.1, 0.15) is 13.2 Å². The van der Waals surface area contributed by atoms with Gasteiger partial charge in [0, 0.05) is 0 Å². The molecule has 0 saturated carbocycles. The molecule has 0 radical (unpaired) electrons. The van der Waals surface area contributed by atoms with Crippen LogP contribution in [-0.2, 0) is 37.1 Å². The molecule has 2 aromatic carbocycles. The van der Waals surface area contributed by atoms with Gasteiger partial charge in [0.05, 0.1) is 5.92 Å². The van der Waals surface area contributed by atoms with Gasteiger partial charge in [-0.1, -0.05) is 74.5 Å². The summed E-state index contributed by atoms with van der Waals surface area (Å²) in [6.45, 7) is 3.66. The molecule has 2 aromatic rings. The topological polar surface area (TPSA) is 89.9 Å². The lowest BCUT2D eigenvalue weighted by atomic mass is 9.85. The molecule has 1 N–H and O–H groups in total. The first kappa shape index (κ1) is 22.1. The van der Waals surface area contributed by atoms with Gasteiger partial charge in [-0.15, -0.1) is 0 Å². The van der Waals surface area contributed by atoms with E-state index in [2.05, 4.69) is 0 Å². The molecule has 0 bridgehead atoms. The summed E-state index contributed by atoms with van der Waals surface area (Å²) >= 11 is 0. The van der Waals surface area contributed by atoms with Crippen molar-refractivity contribution < 1.29 is 29.0 Å². The minimum Gasteiger partial charge on any atom is -0.481 e. The van der Waals surface area contributed by atoms with Gasteiger partial charge in [0.15, 0.2) is 5.92 Å². The molecule has 6 nitrogen and oxygen atoms in total. The molecule has 2 rings (SSSR count). The molecule has 0 spiro atoms. The average Bonchev–Trinajstić information content (AvgIpc) is 2.71. The highest BCUT2D eigenvalue weighted by atomic mass is 16.5. The van der Waals surface area contributed by atoms with Crippen molar-refractivity contribution in [1.82, 2.24) is 0 Å². The molecule has 0 amide bonds. The monoisotopic (exact) mass is 398 g/mol. The summed E-state index contributed by atoms with van der Waals surface area (Å²) in [6.07, 6.45) is 0.199. The molecule has 0 saturated heterocycles. The van der Waals surface area contributed by atoms with E-state index in [1.807, 2.05) is 38.1 Å². The number of hydrogen-bond donors (Lipinski definition) is 1. The second-order valence-corrected chi connectivity index (χ2v) is 7.24. The van der Waals surface area contributed by atoms with E-state index in [0.29, 0.717) is 0 Å². The Morgan fingerprint density at radius 1 is 0.793 bits per heavy atom. The van der Waals surface area contributed by atoms with Crippen LogP contribution >= 0.6 is 0 Å². The summed E-state index contributed by atoms with van der Waals surface area (Å²) in [7, 11) is 0. The Kier molecular flexibility index (Phi) is 8.40. The van der Waals surface area contributed by atoms with Crippen LogP contribution in [0.2, 0.25) is 0 Å². The van der Waals surface area contributed by atoms with Gasteiger partial charge in [-0.3, -0.25) is 14.4 Å². The third-order valence-electron chi connectivity index (χ3n) is 4.40. The second kappa shape index (κ2) is 11.0. The van der Waals surface area contributed by atoms with Crippen molar-refractivity contribution >= 4 is 17.9 Å². The SMILES string of the molecule is CC(C)CC(C(=O)OCc1ccccc1)[C@H](C(=O)O)C(=O)OCc1ccccc1. The zero-order chi connectivity index (χ0) is 21.2. The van der Waals surface area contributed by atoms with Crippen molar-refractivity contribution in [1.29, 1.82) is 0 Å². The number of aliphatic carboxylic acids is 1. The Morgan fingerprint density at radius 3 is 1.66 bits per heavy atom. The standard InChI is InChI=1S/C23H26O6/c1-16(2)13-19(22(26)28-14-17-9-5-3-6-10-17)20(21(24)25)23(27)29-15-18-11-7-4-8-12-18/h3-12,16,19-20H,13-15H2,1-2H3,(H,24,25)/t19?,20-/m1/s1. The summed E-state index contributed by atoms with van der Waals surface area (Å²) in [6, 6.07) is 18.0. The third kappa shape index (κ3) is 7.07. The van der Waals surface area contributed by atoms with E-state index in [0.717, 1.165) is 11.1 Å². The predicted octanol–water partition coefficient (Wildman–Crippen LogP) is 3.84. The zero-order valence-electron chi connectivity index (χ0n) is 16.6. The van der Waals surface area contributed by atoms with Crippen LogP contribution in [0.15, 0.2) is 60.7 Å². The van der Waals surface area contributed by atoms with Crippen molar-refractivity contribution in [2.45, 2.75) is 33.5 Å². The molecular weight excluding hydrogens is 372 g/mol. The van der Waals surface area contributed by atoms with Crippen LogP contribution in [0.5, 0.6) is 0 Å². The highest BCUT2D eigenvalue weighted by Crippen LogP contribution is 2.25. The van der Waals surface area contributed by atoms with Crippen LogP contribution in [0.3, 0.4) is 0 Å². The molecular formula is C23H26O6. The summed E-state index contributed by atoms with van der Waals surface area (Å²) in [5, 5.41) is 9.65. The summed E-state index contributed by atoms with van der Waals surface area (Å²) in [5.41, 5.74) is 1.51. The Bertz CT molecular complexity index is 801. The Hall–Kier alpha value is -3.15. The van der Waals surface area contributed by atoms with Crippen molar-refractivity contribution in [2.24, 2.45) is 17.8 Å². The first-order chi connectivity index (χ1) is 13.9. The molecule has 6 heteroatoms. The largest absolute Gasteiger partial charge is 0.481 e. The van der Waals surface area contributed by atoms with Gasteiger partial charge in [-0.05, 0) is 23.5 Å². The van der Waals surface area contributed by atoms with E-state index >= 15 is 0 Å². The maximum atomic E-state index is 12.7. The number of hydrogen-bond acceptors (Lipinski definition) is 5. The van der Waals surface area contributed by atoms with Crippen molar-refractivity contribution in [3.63, 3.8) is 0 Å². The second-order valence-electron chi connectivity index (χ2n) is 7.24. The number of esters is 2. The fourth-order valence-electron chi connectivity index (χ4n) is 2.97. The van der Waals surface area contributed by atoms with Gasteiger partial charge >= 0.3 is 17.9 Å². The lowest BCUT2D eigenvalue weighted by Gasteiger charge is -2.23. The van der Waals surface area contributed by atoms with Crippen LogP contribution in [0.1, 0.15) is 31.4 Å². The molecule has 0 aromatic heterocycles. The average molecular weight is 398 g/mol. The number of carboxylic acids is 1. The van der Waals surface area contributed by atoms with Gasteiger partial charge < -0.3 is 14.6 Å². The molecule has 2 atom stereocenters. The normalized spacial score (nSPS) is 12.8. The summed E-state index contributed by atoms with van der Waals surface area (Å²) in [4.78, 5) is 37.1. The summed E-state index contributed by atoms with van der Waals surface area (Å²) < 4.78 is 10.5. The number of carbonyl (C=O) groups excluding carboxylic acids is 2. The minimum atomic E-state index is -1.62. The number of benzene rings is 2. The number of carboxylic acid groups (broad SMARTS) is 1. The van der Waals surface area contributed by atoms with Gasteiger partial charge in [-0.2, -0.15) is 0 Å². The number of carbonyl (C=O) groups is 3. The predicted molar refractivity (Wildman–Crippen MR) is 107 cm³/mol. The van der Waals surface area contributed by atoms with E-state index in [1.54, 1.807) is 36.4 Å². The van der Waals surface area contributed by atoms with Crippen molar-refractivity contribution in [2.75, 3.05) is 0 Å². The van der Waals surface area contributed by atoms with Gasteiger partial charge in [-0.25, -0.2) is 0 Å². The Balaban J connectivity index is 2.10. The molecule has 1 unspecified atom stereocenters. The highest BCUT2D eigenvalue weighted by Gasteiger charge is 2.42. The molecule has 0 aliphatic rings. The summed E-state index contributed by atoms with van der Waals surface area (Å²) in [5.74, 6) is -5.81. The molecule has 0 aliphatic heterocycles. The Labute approximate surface area is 170 Å². The van der Waals surface area contributed by atoms with Crippen LogP contribution in [0, 0.1) is 17.8 Å². The fraction of sp³-hybridized carbons (Fsp3) is 0.348. The lowest BCUT2D eigenvalue weighted by Crippen LogP contribution is -2.38. The van der Waals surface area contributed by atoms with Crippen LogP contribution in [0.4, 0.5) is 0 Å². The molecule has 0 heterocycles. The van der Waals surface area contributed by atoms with Gasteiger partial charge in [0.2, 0.25) is 0 Å². The lowest BCUT2D eigenvalue weighted by molar-refractivity contribution is -0.171. The van der Waals surface area contributed by atoms with E-state index in [9.17, 15) is 19.5 Å². The smallest absolute Gasteiger partial charge is 0.321 e. The van der Waals surface area contributed by atoms with Crippen molar-refractivity contribution in [3.8, 4) is 0 Å². The fourth-order valence-corrected chi connectivity index (χ4v) is 2.97. The number of rotatable bonds is 10. The maximum Gasteiger partial charge on any atom is 0.321 e. The molecule has 29 heavy (non-hydrogen) atoms. The molecule has 0 aliphatic carbocycles. The van der Waals surface area contributed by atoms with Crippen molar-refractivity contribution in [3.05, 3.63) is 71.8 Å². The van der Waals surface area contributed by atoms with E-state index in [4.69, 9.17) is 9.47 Å². The third-order valence-corrected chi connectivity index (χ3v) is 4.40. The molecule has 154 valence electrons. The zero-order valence-corrected chi connectivity index (χ0v) is 16.6. The highest BCUT2D eigenvalue weighted by molar-refractivity contribution is 5.98. The van der Waals surface area contributed by atoms with Crippen LogP contribution in [-0.4, -0.2) is 23.0 Å². The van der Waals surface area contributed by atoms with E-state index < -0.39 is 29.7 Å². The maximum absolute atomic E-state index is 12.7. The van der Waals surface area contributed by atoms with E-state index in [1.165, 1.54) is 0 Å². The minimum absolute atomic E-state index is 0.00644. The van der Waals surface area contributed by atoms with E-state index in [-0.39, 0.29) is 25.6 Å². The van der Waals surface area contributed by atoms with Gasteiger partial charge in [0.25, 0.3) is 0 Å². The quantitative estimate of drug-likeness (QED) is 0.483. The van der Waals surface area contributed by atoms with Crippen LogP contribution in [0.25, 0.3) is 0 Å². The van der Waals surface area contributed by atoms with Crippen LogP contribution < -0.4 is 0 Å². The number of ether oxygens (including phenoxy) is 2. The first-order valence-electron chi connectivity index (χ1n) is 9.52. The first-order valence-corrected chi connectivity index (χ1v) is 9.52. The molecule has 0 fully saturated rings.